The van der Waals surface area contributed by atoms with E-state index in [0.717, 1.165) is 32.4 Å². The highest BCUT2D eigenvalue weighted by Gasteiger charge is 2.30. The Morgan fingerprint density at radius 1 is 1.30 bits per heavy atom. The topological polar surface area (TPSA) is 29.3 Å². The minimum atomic E-state index is -0.946. The first kappa shape index (κ1) is 15.2. The van der Waals surface area contributed by atoms with E-state index < -0.39 is 11.6 Å². The molecule has 1 aromatic carbocycles. The molecule has 0 amide bonds. The number of nitrogens with zero attached hydrogens (tertiary/aromatic N) is 1. The second kappa shape index (κ2) is 5.64. The number of benzene rings is 1. The van der Waals surface area contributed by atoms with Gasteiger partial charge >= 0.3 is 0 Å². The molecule has 1 fully saturated rings. The molecular weight excluding hydrogens is 278 g/mol. The maximum atomic E-state index is 14.1. The van der Waals surface area contributed by atoms with Crippen LogP contribution in [0, 0.1) is 17.0 Å². The number of anilines is 1. The van der Waals surface area contributed by atoms with E-state index in [2.05, 4.69) is 13.8 Å². The van der Waals surface area contributed by atoms with E-state index in [1.54, 1.807) is 6.07 Å². The van der Waals surface area contributed by atoms with E-state index in [1.807, 2.05) is 4.90 Å². The quantitative estimate of drug-likeness (QED) is 0.864. The molecule has 0 atom stereocenters. The van der Waals surface area contributed by atoms with Crippen molar-refractivity contribution < 1.29 is 8.78 Å². The monoisotopic (exact) mass is 298 g/mol. The average Bonchev–Trinajstić information content (AvgIpc) is 2.43. The highest BCUT2D eigenvalue weighted by molar-refractivity contribution is 7.80. The number of hydrogen-bond acceptors (Lipinski definition) is 2. The predicted molar refractivity (Wildman–Crippen MR) is 82.1 cm³/mol. The molecular formula is C15H20F2N2S. The number of halogens is 2. The molecule has 0 saturated carbocycles. The van der Waals surface area contributed by atoms with Crippen LogP contribution in [0.3, 0.4) is 0 Å². The van der Waals surface area contributed by atoms with Gasteiger partial charge in [-0.05, 0) is 30.4 Å². The summed E-state index contributed by atoms with van der Waals surface area (Å²) < 4.78 is 28.1. The lowest BCUT2D eigenvalue weighted by Crippen LogP contribution is -2.39. The third-order valence-electron chi connectivity index (χ3n) is 4.49. The molecule has 1 aromatic rings. The van der Waals surface area contributed by atoms with E-state index in [-0.39, 0.29) is 10.6 Å². The molecule has 2 rings (SSSR count). The van der Waals surface area contributed by atoms with Crippen LogP contribution in [0.1, 0.15) is 38.7 Å². The Labute approximate surface area is 123 Å². The van der Waals surface area contributed by atoms with Crippen LogP contribution >= 0.6 is 12.2 Å². The number of nitrogens with two attached hydrogens (primary N) is 1. The third kappa shape index (κ3) is 2.77. The fourth-order valence-corrected chi connectivity index (χ4v) is 2.77. The largest absolute Gasteiger partial charge is 0.389 e. The summed E-state index contributed by atoms with van der Waals surface area (Å²) in [6, 6.07) is 3.03. The maximum absolute atomic E-state index is 14.1. The van der Waals surface area contributed by atoms with Gasteiger partial charge in [-0.3, -0.25) is 0 Å². The fourth-order valence-electron chi connectivity index (χ4n) is 2.61. The Morgan fingerprint density at radius 2 is 1.90 bits per heavy atom. The van der Waals surface area contributed by atoms with Gasteiger partial charge in [0.05, 0.1) is 5.69 Å². The Morgan fingerprint density at radius 3 is 2.40 bits per heavy atom. The highest BCUT2D eigenvalue weighted by Crippen LogP contribution is 2.36. The lowest BCUT2D eigenvalue weighted by molar-refractivity contribution is 0.237. The molecule has 1 aliphatic heterocycles. The Balaban J connectivity index is 2.23. The smallest absolute Gasteiger partial charge is 0.182 e. The maximum Gasteiger partial charge on any atom is 0.182 e. The first-order valence-corrected chi connectivity index (χ1v) is 7.31. The van der Waals surface area contributed by atoms with Crippen molar-refractivity contribution in [3.63, 3.8) is 0 Å². The molecule has 20 heavy (non-hydrogen) atoms. The molecule has 0 spiro atoms. The van der Waals surface area contributed by atoms with Crippen LogP contribution in [0.4, 0.5) is 14.5 Å². The van der Waals surface area contributed by atoms with Crippen molar-refractivity contribution in [1.29, 1.82) is 0 Å². The van der Waals surface area contributed by atoms with Gasteiger partial charge in [-0.2, -0.15) is 0 Å². The van der Waals surface area contributed by atoms with E-state index in [9.17, 15) is 8.78 Å². The van der Waals surface area contributed by atoms with Crippen molar-refractivity contribution >= 4 is 22.9 Å². The van der Waals surface area contributed by atoms with Gasteiger partial charge in [0.2, 0.25) is 0 Å². The molecule has 1 saturated heterocycles. The van der Waals surface area contributed by atoms with Gasteiger partial charge in [0.1, 0.15) is 4.99 Å². The van der Waals surface area contributed by atoms with Gasteiger partial charge in [-0.25, -0.2) is 8.78 Å². The number of piperidine rings is 1. The summed E-state index contributed by atoms with van der Waals surface area (Å²) in [5.41, 5.74) is 5.96. The Hall–Kier alpha value is -1.23. The molecule has 0 aromatic heterocycles. The van der Waals surface area contributed by atoms with E-state index in [1.165, 1.54) is 6.07 Å². The van der Waals surface area contributed by atoms with Gasteiger partial charge < -0.3 is 10.6 Å². The summed E-state index contributed by atoms with van der Waals surface area (Å²) in [6.07, 6.45) is 3.08. The zero-order valence-corrected chi connectivity index (χ0v) is 12.7. The highest BCUT2D eigenvalue weighted by atomic mass is 32.1. The summed E-state index contributed by atoms with van der Waals surface area (Å²) in [5.74, 6) is -1.80. The van der Waals surface area contributed by atoms with Gasteiger partial charge in [0.15, 0.2) is 11.6 Å². The lowest BCUT2D eigenvalue weighted by atomic mass is 9.78. The molecule has 5 heteroatoms. The normalized spacial score (nSPS) is 18.1. The van der Waals surface area contributed by atoms with E-state index >= 15 is 0 Å². The van der Waals surface area contributed by atoms with Crippen molar-refractivity contribution in [1.82, 2.24) is 0 Å². The van der Waals surface area contributed by atoms with Crippen molar-refractivity contribution in [3.8, 4) is 0 Å². The van der Waals surface area contributed by atoms with Gasteiger partial charge in [-0.1, -0.05) is 32.5 Å². The van der Waals surface area contributed by atoms with Crippen LogP contribution in [-0.4, -0.2) is 18.1 Å². The molecule has 1 heterocycles. The molecule has 2 nitrogen and oxygen atoms in total. The zero-order valence-electron chi connectivity index (χ0n) is 11.9. The summed E-state index contributed by atoms with van der Waals surface area (Å²) in [6.45, 7) is 5.91. The summed E-state index contributed by atoms with van der Waals surface area (Å²) in [5, 5.41) is 0. The van der Waals surface area contributed by atoms with Crippen molar-refractivity contribution in [2.45, 2.75) is 33.1 Å². The van der Waals surface area contributed by atoms with Crippen LogP contribution in [0.2, 0.25) is 0 Å². The van der Waals surface area contributed by atoms with Crippen LogP contribution in [-0.2, 0) is 0 Å². The first-order valence-electron chi connectivity index (χ1n) is 6.91. The first-order chi connectivity index (χ1) is 9.38. The number of hydrogen-bond donors (Lipinski definition) is 1. The molecule has 0 unspecified atom stereocenters. The summed E-state index contributed by atoms with van der Waals surface area (Å²) >= 11 is 4.71. The SMILES string of the molecule is CCC1(C)CCN(c2ccc(C(N)=S)c(F)c2F)CC1. The summed E-state index contributed by atoms with van der Waals surface area (Å²) in [7, 11) is 0. The predicted octanol–water partition coefficient (Wildman–Crippen LogP) is 3.62. The third-order valence-corrected chi connectivity index (χ3v) is 4.71. The van der Waals surface area contributed by atoms with Crippen molar-refractivity contribution in [2.75, 3.05) is 18.0 Å². The second-order valence-corrected chi connectivity index (χ2v) is 6.22. The van der Waals surface area contributed by atoms with Crippen LogP contribution in [0.25, 0.3) is 0 Å². The van der Waals surface area contributed by atoms with Crippen molar-refractivity contribution in [3.05, 3.63) is 29.3 Å². The molecule has 0 bridgehead atoms. The van der Waals surface area contributed by atoms with Gasteiger partial charge in [0, 0.05) is 18.7 Å². The van der Waals surface area contributed by atoms with E-state index in [0.29, 0.717) is 11.1 Å². The standard InChI is InChI=1S/C15H20F2N2S/c1-3-15(2)6-8-19(9-7-15)11-5-4-10(14(18)20)12(16)13(11)17/h4-5H,3,6-9H2,1-2H3,(H2,18,20). The molecule has 0 radical (unpaired) electrons. The second-order valence-electron chi connectivity index (χ2n) is 5.78. The fraction of sp³-hybridized carbons (Fsp3) is 0.533. The lowest BCUT2D eigenvalue weighted by Gasteiger charge is -2.40. The van der Waals surface area contributed by atoms with E-state index in [4.69, 9.17) is 18.0 Å². The molecule has 1 aliphatic rings. The summed E-state index contributed by atoms with van der Waals surface area (Å²) in [4.78, 5) is 1.78. The van der Waals surface area contributed by atoms with Crippen LogP contribution < -0.4 is 10.6 Å². The average molecular weight is 298 g/mol. The number of thiocarbonyl (C=S) groups is 1. The Kier molecular flexibility index (Phi) is 4.28. The molecule has 110 valence electrons. The minimum absolute atomic E-state index is 0.0309. The van der Waals surface area contributed by atoms with Crippen molar-refractivity contribution in [2.24, 2.45) is 11.1 Å². The Bertz CT molecular complexity index is 523. The van der Waals surface area contributed by atoms with Gasteiger partial charge in [-0.15, -0.1) is 0 Å². The molecule has 0 aliphatic carbocycles. The number of rotatable bonds is 3. The van der Waals surface area contributed by atoms with Crippen LogP contribution in [0.5, 0.6) is 0 Å². The van der Waals surface area contributed by atoms with Crippen LogP contribution in [0.15, 0.2) is 12.1 Å². The molecule has 2 N–H and O–H groups in total. The van der Waals surface area contributed by atoms with Gasteiger partial charge in [0.25, 0.3) is 0 Å². The zero-order chi connectivity index (χ0) is 14.9. The minimum Gasteiger partial charge on any atom is -0.389 e.